The Hall–Kier alpha value is -1.93. The van der Waals surface area contributed by atoms with E-state index in [9.17, 15) is 12.8 Å². The molecule has 0 bridgehead atoms. The molecule has 1 N–H and O–H groups in total. The van der Waals surface area contributed by atoms with Crippen molar-refractivity contribution in [2.45, 2.75) is 11.8 Å². The van der Waals surface area contributed by atoms with Gasteiger partial charge in [-0.05, 0) is 25.1 Å². The van der Waals surface area contributed by atoms with Crippen LogP contribution in [-0.4, -0.2) is 38.0 Å². The van der Waals surface area contributed by atoms with Crippen molar-refractivity contribution in [2.24, 2.45) is 5.92 Å². The largest absolute Gasteiger partial charge is 0.384 e. The summed E-state index contributed by atoms with van der Waals surface area (Å²) >= 11 is 0. The van der Waals surface area contributed by atoms with E-state index in [1.807, 2.05) is 6.07 Å². The first kappa shape index (κ1) is 17.1. The molecule has 5 nitrogen and oxygen atoms in total. The van der Waals surface area contributed by atoms with Gasteiger partial charge in [0.15, 0.2) is 0 Å². The quantitative estimate of drug-likeness (QED) is 0.840. The Labute approximate surface area is 123 Å². The summed E-state index contributed by atoms with van der Waals surface area (Å²) in [6.07, 6.45) is 0. The van der Waals surface area contributed by atoms with Crippen molar-refractivity contribution in [3.63, 3.8) is 0 Å². The second kappa shape index (κ2) is 7.19. The van der Waals surface area contributed by atoms with Gasteiger partial charge in [0.1, 0.15) is 12.4 Å². The molecule has 21 heavy (non-hydrogen) atoms. The summed E-state index contributed by atoms with van der Waals surface area (Å²) in [6.45, 7) is 1.21. The van der Waals surface area contributed by atoms with Gasteiger partial charge in [-0.1, -0.05) is 11.8 Å². The minimum Gasteiger partial charge on any atom is -0.384 e. The minimum atomic E-state index is -3.86. The Morgan fingerprint density at radius 2 is 2.14 bits per heavy atom. The Morgan fingerprint density at radius 3 is 2.67 bits per heavy atom. The third-order valence-electron chi connectivity index (χ3n) is 2.70. The number of benzene rings is 1. The van der Waals surface area contributed by atoms with Crippen LogP contribution < -0.4 is 0 Å². The van der Waals surface area contributed by atoms with Gasteiger partial charge >= 0.3 is 0 Å². The number of nitrogens with zero attached hydrogens (tertiary/aromatic N) is 2. The number of aliphatic hydroxyl groups is 1. The van der Waals surface area contributed by atoms with Crippen LogP contribution in [0.5, 0.6) is 0 Å². The second-order valence-electron chi connectivity index (χ2n) is 4.42. The molecule has 1 unspecified atom stereocenters. The maximum absolute atomic E-state index is 13.8. The van der Waals surface area contributed by atoms with Crippen molar-refractivity contribution < 1.29 is 17.9 Å². The van der Waals surface area contributed by atoms with E-state index in [-0.39, 0.29) is 17.0 Å². The van der Waals surface area contributed by atoms with Gasteiger partial charge in [-0.15, -0.1) is 0 Å². The molecule has 0 spiro atoms. The normalized spacial score (nSPS) is 12.4. The summed E-state index contributed by atoms with van der Waals surface area (Å²) in [6, 6.07) is 5.31. The fraction of sp³-hybridized carbons (Fsp3) is 0.357. The molecule has 1 atom stereocenters. The lowest BCUT2D eigenvalue weighted by Crippen LogP contribution is -2.30. The highest BCUT2D eigenvalue weighted by Crippen LogP contribution is 2.18. The molecule has 7 heteroatoms. The van der Waals surface area contributed by atoms with Crippen LogP contribution in [0.25, 0.3) is 0 Å². The predicted molar refractivity (Wildman–Crippen MR) is 75.0 cm³/mol. The van der Waals surface area contributed by atoms with Crippen molar-refractivity contribution in [2.75, 3.05) is 20.2 Å². The molecule has 0 heterocycles. The van der Waals surface area contributed by atoms with Crippen LogP contribution >= 0.6 is 0 Å². The monoisotopic (exact) mass is 310 g/mol. The molecule has 1 aromatic rings. The number of aliphatic hydroxyl groups excluding tert-OH is 1. The molecule has 0 amide bonds. The highest BCUT2D eigenvalue weighted by atomic mass is 32.2. The maximum atomic E-state index is 13.8. The molecule has 1 rings (SSSR count). The lowest BCUT2D eigenvalue weighted by Gasteiger charge is -2.18. The van der Waals surface area contributed by atoms with Crippen molar-refractivity contribution in [3.05, 3.63) is 29.6 Å². The summed E-state index contributed by atoms with van der Waals surface area (Å²) in [4.78, 5) is -0.206. The van der Waals surface area contributed by atoms with Gasteiger partial charge in [-0.3, -0.25) is 0 Å². The van der Waals surface area contributed by atoms with Crippen LogP contribution in [0.1, 0.15) is 12.5 Å². The molecule has 0 radical (unpaired) electrons. The molecule has 0 aliphatic rings. The number of rotatable bonds is 4. The molecule has 0 fully saturated rings. The first-order chi connectivity index (χ1) is 9.82. The molecule has 0 aliphatic carbocycles. The average molecular weight is 310 g/mol. The van der Waals surface area contributed by atoms with E-state index in [2.05, 4.69) is 11.8 Å². The molecule has 0 aliphatic heterocycles. The minimum absolute atomic E-state index is 0.0102. The summed E-state index contributed by atoms with van der Waals surface area (Å²) in [5, 5.41) is 17.3. The fourth-order valence-corrected chi connectivity index (χ4v) is 2.87. The predicted octanol–water partition coefficient (Wildman–Crippen LogP) is 0.950. The van der Waals surface area contributed by atoms with Gasteiger partial charge in [-0.25, -0.2) is 12.8 Å². The van der Waals surface area contributed by atoms with Crippen LogP contribution in [0.4, 0.5) is 4.39 Å². The Balaban J connectivity index is 3.10. The summed E-state index contributed by atoms with van der Waals surface area (Å²) < 4.78 is 39.3. The second-order valence-corrected chi connectivity index (χ2v) is 6.46. The van der Waals surface area contributed by atoms with Crippen LogP contribution in [0, 0.1) is 34.9 Å². The number of halogens is 1. The Morgan fingerprint density at radius 1 is 1.48 bits per heavy atom. The lowest BCUT2D eigenvalue weighted by molar-refractivity contribution is 0.350. The van der Waals surface area contributed by atoms with E-state index < -0.39 is 28.4 Å². The van der Waals surface area contributed by atoms with E-state index >= 15 is 0 Å². The van der Waals surface area contributed by atoms with Gasteiger partial charge in [-0.2, -0.15) is 9.57 Å². The first-order valence-electron chi connectivity index (χ1n) is 6.08. The maximum Gasteiger partial charge on any atom is 0.242 e. The van der Waals surface area contributed by atoms with Gasteiger partial charge in [0.2, 0.25) is 10.0 Å². The molecule has 112 valence electrons. The number of hydrogen-bond acceptors (Lipinski definition) is 4. The van der Waals surface area contributed by atoms with E-state index in [4.69, 9.17) is 10.4 Å². The SMILES string of the molecule is CC(C#N)CN(C)S(=O)(=O)c1ccc(C#CCO)c(F)c1. The smallest absolute Gasteiger partial charge is 0.242 e. The van der Waals surface area contributed by atoms with Crippen LogP contribution in [0.2, 0.25) is 0 Å². The van der Waals surface area contributed by atoms with E-state index in [1.54, 1.807) is 6.92 Å². The highest BCUT2D eigenvalue weighted by molar-refractivity contribution is 7.89. The Bertz CT molecular complexity index is 714. The lowest BCUT2D eigenvalue weighted by atomic mass is 10.2. The van der Waals surface area contributed by atoms with Crippen molar-refractivity contribution in [1.29, 1.82) is 5.26 Å². The van der Waals surface area contributed by atoms with Crippen LogP contribution in [-0.2, 0) is 10.0 Å². The standard InChI is InChI=1S/C14H15FN2O3S/c1-11(9-16)10-17(2)21(19,20)13-6-5-12(4-3-7-18)14(15)8-13/h5-6,8,11,18H,7,10H2,1-2H3. The van der Waals surface area contributed by atoms with E-state index in [0.29, 0.717) is 0 Å². The van der Waals surface area contributed by atoms with E-state index in [0.717, 1.165) is 10.4 Å². The van der Waals surface area contributed by atoms with Crippen molar-refractivity contribution in [3.8, 4) is 17.9 Å². The number of sulfonamides is 1. The van der Waals surface area contributed by atoms with Crippen LogP contribution in [0.15, 0.2) is 23.1 Å². The van der Waals surface area contributed by atoms with Gasteiger partial charge in [0.25, 0.3) is 0 Å². The molecule has 0 saturated heterocycles. The average Bonchev–Trinajstić information content (AvgIpc) is 2.45. The number of nitriles is 1. The third-order valence-corrected chi connectivity index (χ3v) is 4.52. The molecule has 0 saturated carbocycles. The molecular formula is C14H15FN2O3S. The summed E-state index contributed by atoms with van der Waals surface area (Å²) in [7, 11) is -2.53. The first-order valence-corrected chi connectivity index (χ1v) is 7.52. The third kappa shape index (κ3) is 4.27. The van der Waals surface area contributed by atoms with Crippen molar-refractivity contribution in [1.82, 2.24) is 4.31 Å². The zero-order valence-corrected chi connectivity index (χ0v) is 12.5. The fourth-order valence-electron chi connectivity index (χ4n) is 1.60. The Kier molecular flexibility index (Phi) is 5.86. The van der Waals surface area contributed by atoms with E-state index in [1.165, 1.54) is 19.2 Å². The molecule has 0 aromatic heterocycles. The summed E-state index contributed by atoms with van der Waals surface area (Å²) in [5.41, 5.74) is 0.0102. The topological polar surface area (TPSA) is 81.4 Å². The molecule has 1 aromatic carbocycles. The highest BCUT2D eigenvalue weighted by Gasteiger charge is 2.23. The number of hydrogen-bond donors (Lipinski definition) is 1. The zero-order valence-electron chi connectivity index (χ0n) is 11.7. The summed E-state index contributed by atoms with van der Waals surface area (Å²) in [5.74, 6) is 3.43. The van der Waals surface area contributed by atoms with Crippen molar-refractivity contribution >= 4 is 10.0 Å². The van der Waals surface area contributed by atoms with Gasteiger partial charge < -0.3 is 5.11 Å². The zero-order chi connectivity index (χ0) is 16.0. The molecular weight excluding hydrogens is 295 g/mol. The van der Waals surface area contributed by atoms with Gasteiger partial charge in [0, 0.05) is 13.6 Å². The van der Waals surface area contributed by atoms with Gasteiger partial charge in [0.05, 0.1) is 22.4 Å². The van der Waals surface area contributed by atoms with Crippen LogP contribution in [0.3, 0.4) is 0 Å².